The molecule has 0 N–H and O–H groups in total. The first-order valence-electron chi connectivity index (χ1n) is 6.61. The normalized spacial score (nSPS) is 21.2. The maximum atomic E-state index is 12.4. The Kier molecular flexibility index (Phi) is 3.99. The molecule has 0 amide bonds. The minimum atomic E-state index is -3.34. The molecule has 1 atom stereocenters. The van der Waals surface area contributed by atoms with Gasteiger partial charge < -0.3 is 0 Å². The molecule has 1 aliphatic heterocycles. The highest BCUT2D eigenvalue weighted by molar-refractivity contribution is 7.86. The quantitative estimate of drug-likeness (QED) is 0.853. The van der Waals surface area contributed by atoms with Crippen molar-refractivity contribution in [1.82, 2.24) is 8.61 Å². The van der Waals surface area contributed by atoms with Crippen LogP contribution in [0.1, 0.15) is 35.6 Å². The monoisotopic (exact) mass is 282 g/mol. The van der Waals surface area contributed by atoms with Crippen molar-refractivity contribution in [3.63, 3.8) is 0 Å². The van der Waals surface area contributed by atoms with E-state index in [1.165, 1.54) is 15.4 Å². The number of aryl methyl sites for hydroxylation is 1. The third-order valence-electron chi connectivity index (χ3n) is 3.97. The second-order valence-corrected chi connectivity index (χ2v) is 7.44. The SMILES string of the molecule is Cc1cccc(C2CCCN2S(=O)(=O)N(C)C)c1C. The van der Waals surface area contributed by atoms with Gasteiger partial charge in [-0.15, -0.1) is 0 Å². The van der Waals surface area contributed by atoms with Crippen molar-refractivity contribution in [3.8, 4) is 0 Å². The Morgan fingerprint density at radius 2 is 1.95 bits per heavy atom. The van der Waals surface area contributed by atoms with Gasteiger partial charge in [-0.2, -0.15) is 17.0 Å². The zero-order valence-electron chi connectivity index (χ0n) is 12.0. The van der Waals surface area contributed by atoms with E-state index in [0.717, 1.165) is 18.4 Å². The molecule has 0 aromatic heterocycles. The topological polar surface area (TPSA) is 40.6 Å². The highest BCUT2D eigenvalue weighted by atomic mass is 32.2. The Balaban J connectivity index is 2.42. The summed E-state index contributed by atoms with van der Waals surface area (Å²) in [5.41, 5.74) is 3.56. The Bertz CT molecular complexity index is 567. The zero-order valence-corrected chi connectivity index (χ0v) is 12.9. The minimum Gasteiger partial charge on any atom is -0.195 e. The summed E-state index contributed by atoms with van der Waals surface area (Å²) in [5.74, 6) is 0. The zero-order chi connectivity index (χ0) is 14.2. The molecule has 19 heavy (non-hydrogen) atoms. The maximum absolute atomic E-state index is 12.4. The summed E-state index contributed by atoms with van der Waals surface area (Å²) < 4.78 is 27.7. The van der Waals surface area contributed by atoms with E-state index in [1.807, 2.05) is 6.07 Å². The molecule has 0 spiro atoms. The molecule has 5 heteroatoms. The summed E-state index contributed by atoms with van der Waals surface area (Å²) in [6.07, 6.45) is 1.82. The lowest BCUT2D eigenvalue weighted by molar-refractivity contribution is 0.362. The van der Waals surface area contributed by atoms with Crippen LogP contribution in [0.2, 0.25) is 0 Å². The van der Waals surface area contributed by atoms with Crippen molar-refractivity contribution < 1.29 is 8.42 Å². The van der Waals surface area contributed by atoms with E-state index >= 15 is 0 Å². The number of hydrogen-bond donors (Lipinski definition) is 0. The molecule has 0 bridgehead atoms. The summed E-state index contributed by atoms with van der Waals surface area (Å²) in [5, 5.41) is 0. The van der Waals surface area contributed by atoms with Crippen LogP contribution in [0.25, 0.3) is 0 Å². The molecule has 1 fully saturated rings. The summed E-state index contributed by atoms with van der Waals surface area (Å²) >= 11 is 0. The lowest BCUT2D eigenvalue weighted by Gasteiger charge is -2.28. The van der Waals surface area contributed by atoms with Crippen LogP contribution < -0.4 is 0 Å². The van der Waals surface area contributed by atoms with Crippen LogP contribution in [-0.2, 0) is 10.2 Å². The molecule has 1 aromatic rings. The van der Waals surface area contributed by atoms with Gasteiger partial charge in [0.25, 0.3) is 10.2 Å². The van der Waals surface area contributed by atoms with Gasteiger partial charge in [-0.25, -0.2) is 0 Å². The first kappa shape index (κ1) is 14.5. The van der Waals surface area contributed by atoms with E-state index in [4.69, 9.17) is 0 Å². The van der Waals surface area contributed by atoms with E-state index in [-0.39, 0.29) is 6.04 Å². The van der Waals surface area contributed by atoms with E-state index in [2.05, 4.69) is 26.0 Å². The molecule has 1 unspecified atom stereocenters. The van der Waals surface area contributed by atoms with Gasteiger partial charge in [-0.3, -0.25) is 0 Å². The molecular formula is C14H22N2O2S. The second-order valence-electron chi connectivity index (χ2n) is 5.35. The Morgan fingerprint density at radius 3 is 2.58 bits per heavy atom. The van der Waals surface area contributed by atoms with Crippen LogP contribution in [0.4, 0.5) is 0 Å². The first-order chi connectivity index (χ1) is 8.85. The van der Waals surface area contributed by atoms with Crippen molar-refractivity contribution >= 4 is 10.2 Å². The fraction of sp³-hybridized carbons (Fsp3) is 0.571. The van der Waals surface area contributed by atoms with Crippen molar-refractivity contribution in [2.75, 3.05) is 20.6 Å². The van der Waals surface area contributed by atoms with Crippen LogP contribution in [0.3, 0.4) is 0 Å². The largest absolute Gasteiger partial charge is 0.282 e. The molecule has 4 nitrogen and oxygen atoms in total. The number of nitrogens with zero attached hydrogens (tertiary/aromatic N) is 2. The van der Waals surface area contributed by atoms with Gasteiger partial charge in [0.1, 0.15) is 0 Å². The van der Waals surface area contributed by atoms with Crippen LogP contribution in [0.5, 0.6) is 0 Å². The van der Waals surface area contributed by atoms with Gasteiger partial charge in [0, 0.05) is 20.6 Å². The fourth-order valence-electron chi connectivity index (χ4n) is 2.67. The molecule has 1 saturated heterocycles. The highest BCUT2D eigenvalue weighted by Gasteiger charge is 2.36. The van der Waals surface area contributed by atoms with Gasteiger partial charge in [0.2, 0.25) is 0 Å². The van der Waals surface area contributed by atoms with Crippen LogP contribution in [0.15, 0.2) is 18.2 Å². The molecule has 1 heterocycles. The summed E-state index contributed by atoms with van der Waals surface area (Å²) in [6, 6.07) is 6.11. The van der Waals surface area contributed by atoms with Crippen LogP contribution in [-0.4, -0.2) is 37.7 Å². The second kappa shape index (κ2) is 5.23. The molecule has 0 aliphatic carbocycles. The molecule has 0 radical (unpaired) electrons. The fourth-order valence-corrected chi connectivity index (χ4v) is 3.99. The third kappa shape index (κ3) is 2.55. The van der Waals surface area contributed by atoms with Crippen LogP contribution in [0, 0.1) is 13.8 Å². The summed E-state index contributed by atoms with van der Waals surface area (Å²) in [6.45, 7) is 4.75. The van der Waals surface area contributed by atoms with E-state index in [9.17, 15) is 8.42 Å². The Morgan fingerprint density at radius 1 is 1.26 bits per heavy atom. The lowest BCUT2D eigenvalue weighted by Crippen LogP contribution is -2.39. The molecule has 0 saturated carbocycles. The average molecular weight is 282 g/mol. The molecule has 106 valence electrons. The van der Waals surface area contributed by atoms with Gasteiger partial charge in [0.05, 0.1) is 6.04 Å². The van der Waals surface area contributed by atoms with Crippen molar-refractivity contribution in [2.45, 2.75) is 32.7 Å². The van der Waals surface area contributed by atoms with Gasteiger partial charge in [0.15, 0.2) is 0 Å². The van der Waals surface area contributed by atoms with Crippen molar-refractivity contribution in [3.05, 3.63) is 34.9 Å². The highest BCUT2D eigenvalue weighted by Crippen LogP contribution is 2.36. The smallest absolute Gasteiger partial charge is 0.195 e. The predicted octanol–water partition coefficient (Wildman–Crippen LogP) is 2.25. The Labute approximate surface area is 116 Å². The standard InChI is InChI=1S/C14H22N2O2S/c1-11-7-5-8-13(12(11)2)14-9-6-10-16(14)19(17,18)15(3)4/h5,7-8,14H,6,9-10H2,1-4H3. The molecule has 1 aromatic carbocycles. The predicted molar refractivity (Wildman–Crippen MR) is 77.2 cm³/mol. The maximum Gasteiger partial charge on any atom is 0.282 e. The number of hydrogen-bond acceptors (Lipinski definition) is 2. The lowest BCUT2D eigenvalue weighted by atomic mass is 9.97. The third-order valence-corrected chi connectivity index (χ3v) is 5.92. The van der Waals surface area contributed by atoms with Crippen molar-refractivity contribution in [2.24, 2.45) is 0 Å². The Hall–Kier alpha value is -0.910. The van der Waals surface area contributed by atoms with Gasteiger partial charge in [-0.1, -0.05) is 18.2 Å². The van der Waals surface area contributed by atoms with E-state index in [0.29, 0.717) is 6.54 Å². The molecule has 2 rings (SSSR count). The molecule has 1 aliphatic rings. The first-order valence-corrected chi connectivity index (χ1v) is 8.01. The summed E-state index contributed by atoms with van der Waals surface area (Å²) in [4.78, 5) is 0. The van der Waals surface area contributed by atoms with Gasteiger partial charge >= 0.3 is 0 Å². The minimum absolute atomic E-state index is 0.0210. The average Bonchev–Trinajstić information content (AvgIpc) is 2.82. The van der Waals surface area contributed by atoms with Crippen LogP contribution >= 0.6 is 0 Å². The van der Waals surface area contributed by atoms with E-state index in [1.54, 1.807) is 18.4 Å². The van der Waals surface area contributed by atoms with Crippen molar-refractivity contribution in [1.29, 1.82) is 0 Å². The number of benzene rings is 1. The van der Waals surface area contributed by atoms with E-state index < -0.39 is 10.2 Å². The van der Waals surface area contributed by atoms with Gasteiger partial charge in [-0.05, 0) is 43.4 Å². The molecular weight excluding hydrogens is 260 g/mol. The summed E-state index contributed by atoms with van der Waals surface area (Å²) in [7, 11) is -0.155. The number of rotatable bonds is 3.